The summed E-state index contributed by atoms with van der Waals surface area (Å²) in [6.45, 7) is 1.85. The Morgan fingerprint density at radius 3 is 3.11 bits per heavy atom. The van der Waals surface area contributed by atoms with Crippen molar-refractivity contribution in [2.75, 3.05) is 23.7 Å². The molecule has 1 saturated heterocycles. The van der Waals surface area contributed by atoms with Gasteiger partial charge in [-0.25, -0.2) is 0 Å². The van der Waals surface area contributed by atoms with Gasteiger partial charge in [-0.3, -0.25) is 4.79 Å². The molecule has 1 unspecified atom stereocenters. The zero-order chi connectivity index (χ0) is 13.2. The molecule has 3 N–H and O–H groups in total. The van der Waals surface area contributed by atoms with Crippen molar-refractivity contribution < 1.29 is 4.79 Å². The highest BCUT2D eigenvalue weighted by Gasteiger charge is 2.27. The van der Waals surface area contributed by atoms with Gasteiger partial charge in [-0.05, 0) is 43.4 Å². The zero-order valence-corrected chi connectivity index (χ0v) is 11.2. The number of rotatable bonds is 1. The molecule has 2 aliphatic rings. The molecule has 4 nitrogen and oxygen atoms in total. The molecule has 0 aromatic heterocycles. The van der Waals surface area contributed by atoms with Crippen LogP contribution in [0.4, 0.5) is 11.4 Å². The first kappa shape index (κ1) is 12.3. The summed E-state index contributed by atoms with van der Waals surface area (Å²) >= 11 is 0. The van der Waals surface area contributed by atoms with Crippen LogP contribution in [-0.4, -0.2) is 25.0 Å². The minimum atomic E-state index is 0.179. The van der Waals surface area contributed by atoms with Crippen molar-refractivity contribution in [3.63, 3.8) is 0 Å². The third-order valence-corrected chi connectivity index (χ3v) is 4.22. The summed E-state index contributed by atoms with van der Waals surface area (Å²) in [6, 6.07) is 6.46. The van der Waals surface area contributed by atoms with Gasteiger partial charge >= 0.3 is 0 Å². The normalized spacial score (nSPS) is 23.5. The summed E-state index contributed by atoms with van der Waals surface area (Å²) in [4.78, 5) is 14.2. The number of fused-ring (bicyclic) bond motifs is 1. The maximum atomic E-state index is 11.8. The largest absolute Gasteiger partial charge is 0.398 e. The number of hydrogen-bond acceptors (Lipinski definition) is 3. The SMILES string of the molecule is Nc1cccc2c1CCCN2C1CCCNC(=O)C1. The number of hydrogen-bond donors (Lipinski definition) is 2. The summed E-state index contributed by atoms with van der Waals surface area (Å²) in [5, 5.41) is 2.96. The summed E-state index contributed by atoms with van der Waals surface area (Å²) < 4.78 is 0. The molecule has 1 aromatic rings. The van der Waals surface area contributed by atoms with E-state index in [1.54, 1.807) is 0 Å². The van der Waals surface area contributed by atoms with Gasteiger partial charge in [0.1, 0.15) is 0 Å². The molecular weight excluding hydrogens is 238 g/mol. The van der Waals surface area contributed by atoms with Gasteiger partial charge in [0.2, 0.25) is 5.91 Å². The number of nitrogens with two attached hydrogens (primary N) is 1. The van der Waals surface area contributed by atoms with Gasteiger partial charge in [0.25, 0.3) is 0 Å². The number of carbonyl (C=O) groups is 1. The molecular formula is C15H21N3O. The van der Waals surface area contributed by atoms with Crippen molar-refractivity contribution >= 4 is 17.3 Å². The average molecular weight is 259 g/mol. The summed E-state index contributed by atoms with van der Waals surface area (Å²) in [5.41, 5.74) is 9.48. The first-order chi connectivity index (χ1) is 9.25. The van der Waals surface area contributed by atoms with E-state index in [1.165, 1.54) is 11.3 Å². The topological polar surface area (TPSA) is 58.4 Å². The summed E-state index contributed by atoms with van der Waals surface area (Å²) in [5.74, 6) is 0.179. The van der Waals surface area contributed by atoms with E-state index in [-0.39, 0.29) is 5.91 Å². The van der Waals surface area contributed by atoms with Gasteiger partial charge in [-0.1, -0.05) is 6.07 Å². The number of nitrogens with zero attached hydrogens (tertiary/aromatic N) is 1. The molecule has 0 aliphatic carbocycles. The molecule has 1 atom stereocenters. The Hall–Kier alpha value is -1.71. The third kappa shape index (κ3) is 2.39. The molecule has 1 aromatic carbocycles. The number of amides is 1. The van der Waals surface area contributed by atoms with Gasteiger partial charge in [0, 0.05) is 36.9 Å². The van der Waals surface area contributed by atoms with Crippen LogP contribution >= 0.6 is 0 Å². The lowest BCUT2D eigenvalue weighted by Crippen LogP contribution is -2.40. The average Bonchev–Trinajstić information content (AvgIpc) is 2.63. The smallest absolute Gasteiger partial charge is 0.222 e. The summed E-state index contributed by atoms with van der Waals surface area (Å²) in [7, 11) is 0. The highest BCUT2D eigenvalue weighted by Crippen LogP contribution is 2.34. The van der Waals surface area contributed by atoms with E-state index >= 15 is 0 Å². The Morgan fingerprint density at radius 1 is 1.32 bits per heavy atom. The fourth-order valence-electron chi connectivity index (χ4n) is 3.28. The fraction of sp³-hybridized carbons (Fsp3) is 0.533. The van der Waals surface area contributed by atoms with Crippen LogP contribution in [0.2, 0.25) is 0 Å². The third-order valence-electron chi connectivity index (χ3n) is 4.22. The second-order valence-electron chi connectivity index (χ2n) is 5.49. The van der Waals surface area contributed by atoms with Crippen LogP contribution in [0.5, 0.6) is 0 Å². The lowest BCUT2D eigenvalue weighted by atomic mass is 9.96. The van der Waals surface area contributed by atoms with E-state index in [9.17, 15) is 4.79 Å². The maximum Gasteiger partial charge on any atom is 0.222 e. The highest BCUT2D eigenvalue weighted by molar-refractivity contribution is 5.78. The molecule has 1 amide bonds. The Bertz CT molecular complexity index is 486. The molecule has 2 aliphatic heterocycles. The van der Waals surface area contributed by atoms with Crippen molar-refractivity contribution in [2.45, 2.75) is 38.1 Å². The van der Waals surface area contributed by atoms with E-state index in [0.717, 1.165) is 44.5 Å². The Balaban J connectivity index is 1.90. The zero-order valence-electron chi connectivity index (χ0n) is 11.2. The van der Waals surface area contributed by atoms with Gasteiger partial charge in [-0.15, -0.1) is 0 Å². The lowest BCUT2D eigenvalue weighted by molar-refractivity contribution is -0.121. The quantitative estimate of drug-likeness (QED) is 0.755. The van der Waals surface area contributed by atoms with Crippen molar-refractivity contribution in [3.05, 3.63) is 23.8 Å². The number of carbonyl (C=O) groups excluding carboxylic acids is 1. The molecule has 2 heterocycles. The highest BCUT2D eigenvalue weighted by atomic mass is 16.1. The fourth-order valence-corrected chi connectivity index (χ4v) is 3.28. The minimum absolute atomic E-state index is 0.179. The number of anilines is 2. The summed E-state index contributed by atoms with van der Waals surface area (Å²) in [6.07, 6.45) is 4.92. The molecule has 0 radical (unpaired) electrons. The Morgan fingerprint density at radius 2 is 2.21 bits per heavy atom. The van der Waals surface area contributed by atoms with Crippen molar-refractivity contribution in [1.29, 1.82) is 0 Å². The van der Waals surface area contributed by atoms with Gasteiger partial charge < -0.3 is 16.0 Å². The first-order valence-electron chi connectivity index (χ1n) is 7.16. The molecule has 0 spiro atoms. The molecule has 1 fully saturated rings. The molecule has 102 valence electrons. The molecule has 3 rings (SSSR count). The number of nitrogens with one attached hydrogen (secondary N) is 1. The second kappa shape index (κ2) is 5.11. The molecule has 0 bridgehead atoms. The van der Waals surface area contributed by atoms with E-state index in [1.807, 2.05) is 12.1 Å². The number of nitrogen functional groups attached to an aromatic ring is 1. The van der Waals surface area contributed by atoms with Crippen LogP contribution < -0.4 is 16.0 Å². The van der Waals surface area contributed by atoms with E-state index < -0.39 is 0 Å². The van der Waals surface area contributed by atoms with Crippen molar-refractivity contribution in [1.82, 2.24) is 5.32 Å². The Kier molecular flexibility index (Phi) is 3.32. The van der Waals surface area contributed by atoms with Gasteiger partial charge in [-0.2, -0.15) is 0 Å². The maximum absolute atomic E-state index is 11.8. The van der Waals surface area contributed by atoms with E-state index in [2.05, 4.69) is 16.3 Å². The Labute approximate surface area is 114 Å². The first-order valence-corrected chi connectivity index (χ1v) is 7.16. The van der Waals surface area contributed by atoms with Crippen LogP contribution in [0.15, 0.2) is 18.2 Å². The molecule has 4 heteroatoms. The monoisotopic (exact) mass is 259 g/mol. The van der Waals surface area contributed by atoms with Gasteiger partial charge in [0.05, 0.1) is 0 Å². The minimum Gasteiger partial charge on any atom is -0.398 e. The van der Waals surface area contributed by atoms with E-state index in [4.69, 9.17) is 5.73 Å². The second-order valence-corrected chi connectivity index (χ2v) is 5.49. The van der Waals surface area contributed by atoms with Gasteiger partial charge in [0.15, 0.2) is 0 Å². The standard InChI is InChI=1S/C15H21N3O/c16-13-6-1-7-14-12(13)5-3-9-18(14)11-4-2-8-17-15(19)10-11/h1,6-7,11H,2-5,8-10,16H2,(H,17,19). The van der Waals surface area contributed by atoms with E-state index in [0.29, 0.717) is 12.5 Å². The van der Waals surface area contributed by atoms with Crippen LogP contribution in [0, 0.1) is 0 Å². The predicted molar refractivity (Wildman–Crippen MR) is 77.2 cm³/mol. The molecule has 0 saturated carbocycles. The van der Waals surface area contributed by atoms with Crippen molar-refractivity contribution in [3.8, 4) is 0 Å². The predicted octanol–water partition coefficient (Wildman–Crippen LogP) is 1.69. The lowest BCUT2D eigenvalue weighted by Gasteiger charge is -2.37. The number of benzene rings is 1. The van der Waals surface area contributed by atoms with Crippen LogP contribution in [0.25, 0.3) is 0 Å². The van der Waals surface area contributed by atoms with Crippen LogP contribution in [0.1, 0.15) is 31.2 Å². The van der Waals surface area contributed by atoms with Crippen LogP contribution in [-0.2, 0) is 11.2 Å². The van der Waals surface area contributed by atoms with Crippen LogP contribution in [0.3, 0.4) is 0 Å². The van der Waals surface area contributed by atoms with Crippen molar-refractivity contribution in [2.24, 2.45) is 0 Å². The molecule has 19 heavy (non-hydrogen) atoms.